The Balaban J connectivity index is 2.13. The van der Waals surface area contributed by atoms with Crippen LogP contribution in [0.25, 0.3) is 21.3 Å². The number of aromatic nitrogens is 1. The fourth-order valence-corrected chi connectivity index (χ4v) is 3.35. The van der Waals surface area contributed by atoms with E-state index in [1.165, 1.54) is 15.8 Å². The van der Waals surface area contributed by atoms with E-state index in [0.717, 1.165) is 17.7 Å². The highest BCUT2D eigenvalue weighted by Crippen LogP contribution is 2.34. The van der Waals surface area contributed by atoms with E-state index in [4.69, 9.17) is 0 Å². The van der Waals surface area contributed by atoms with E-state index in [0.29, 0.717) is 0 Å². The third-order valence-corrected chi connectivity index (χ3v) is 4.19. The van der Waals surface area contributed by atoms with Crippen molar-refractivity contribution >= 4 is 21.4 Å². The summed E-state index contributed by atoms with van der Waals surface area (Å²) in [5, 5.41) is 3.37. The van der Waals surface area contributed by atoms with E-state index >= 15 is 0 Å². The lowest BCUT2D eigenvalue weighted by atomic mass is 10.1. The van der Waals surface area contributed by atoms with Crippen LogP contribution in [0.2, 0.25) is 0 Å². The van der Waals surface area contributed by atoms with Gasteiger partial charge in [0, 0.05) is 16.3 Å². The van der Waals surface area contributed by atoms with Gasteiger partial charge in [0.05, 0.1) is 10.9 Å². The van der Waals surface area contributed by atoms with Crippen LogP contribution in [-0.4, -0.2) is 0 Å². The molecule has 3 aromatic rings. The zero-order chi connectivity index (χ0) is 11.4. The molecule has 0 radical (unpaired) electrons. The molecule has 0 saturated carbocycles. The van der Waals surface area contributed by atoms with Crippen LogP contribution >= 0.6 is 11.3 Å². The summed E-state index contributed by atoms with van der Waals surface area (Å²) in [5.74, 6) is -0.154. The summed E-state index contributed by atoms with van der Waals surface area (Å²) < 4.78 is 16.7. The lowest BCUT2D eigenvalue weighted by Crippen LogP contribution is -2.31. The van der Waals surface area contributed by atoms with Crippen molar-refractivity contribution in [2.24, 2.45) is 0 Å². The highest BCUT2D eigenvalue weighted by atomic mass is 32.1. The Morgan fingerprint density at radius 3 is 3.06 bits per heavy atom. The molecule has 0 aliphatic carbocycles. The number of nitrogens with zero attached hydrogens (tertiary/aromatic N) is 1. The third-order valence-electron chi connectivity index (χ3n) is 3.31. The maximum Gasteiger partial charge on any atom is 0.222 e. The molecule has 0 amide bonds. The lowest BCUT2D eigenvalue weighted by Gasteiger charge is -1.95. The summed E-state index contributed by atoms with van der Waals surface area (Å²) in [6.07, 6.45) is 2.09. The van der Waals surface area contributed by atoms with Crippen LogP contribution in [-0.2, 0) is 6.54 Å². The molecule has 0 spiro atoms. The van der Waals surface area contributed by atoms with Gasteiger partial charge in [-0.3, -0.25) is 0 Å². The monoisotopic (exact) mass is 242 g/mol. The third kappa shape index (κ3) is 1.20. The van der Waals surface area contributed by atoms with Crippen LogP contribution in [0.3, 0.4) is 0 Å². The standard InChI is InChI=1S/C14H9FNS/c15-10-1-2-11-9(7-10)8-16-5-3-13-12(14(11)16)4-6-17-13/h1-7H,8H2/q+1. The second-order valence-corrected chi connectivity index (χ2v) is 5.24. The molecule has 0 fully saturated rings. The Kier molecular flexibility index (Phi) is 1.72. The predicted octanol–water partition coefficient (Wildman–Crippen LogP) is 3.36. The maximum atomic E-state index is 13.2. The first-order valence-electron chi connectivity index (χ1n) is 5.51. The van der Waals surface area contributed by atoms with Crippen molar-refractivity contribution in [1.29, 1.82) is 0 Å². The van der Waals surface area contributed by atoms with Gasteiger partial charge >= 0.3 is 0 Å². The van der Waals surface area contributed by atoms with Gasteiger partial charge in [-0.05, 0) is 29.6 Å². The van der Waals surface area contributed by atoms with E-state index in [1.54, 1.807) is 23.5 Å². The first-order valence-corrected chi connectivity index (χ1v) is 6.39. The van der Waals surface area contributed by atoms with Gasteiger partial charge in [-0.1, -0.05) is 0 Å². The first-order chi connectivity index (χ1) is 8.33. The van der Waals surface area contributed by atoms with Crippen molar-refractivity contribution in [3.05, 3.63) is 53.3 Å². The fraction of sp³-hybridized carbons (Fsp3) is 0.0714. The van der Waals surface area contributed by atoms with Crippen LogP contribution in [0, 0.1) is 5.82 Å². The SMILES string of the molecule is Fc1ccc2c(c1)C[n+]1ccc3sccc3c1-2. The first kappa shape index (κ1) is 9.31. The van der Waals surface area contributed by atoms with Crippen molar-refractivity contribution in [2.45, 2.75) is 6.54 Å². The van der Waals surface area contributed by atoms with Gasteiger partial charge in [-0.15, -0.1) is 11.3 Å². The number of pyridine rings is 1. The van der Waals surface area contributed by atoms with Gasteiger partial charge < -0.3 is 0 Å². The molecule has 1 aliphatic rings. The fourth-order valence-electron chi connectivity index (χ4n) is 2.57. The van der Waals surface area contributed by atoms with E-state index in [-0.39, 0.29) is 5.82 Å². The lowest BCUT2D eigenvalue weighted by molar-refractivity contribution is -0.671. The number of rotatable bonds is 0. The molecule has 0 atom stereocenters. The van der Waals surface area contributed by atoms with Gasteiger partial charge in [0.25, 0.3) is 0 Å². The summed E-state index contributed by atoms with van der Waals surface area (Å²) in [7, 11) is 0. The molecule has 2 aromatic heterocycles. The molecule has 4 rings (SSSR count). The zero-order valence-corrected chi connectivity index (χ0v) is 9.80. The highest BCUT2D eigenvalue weighted by Gasteiger charge is 2.28. The van der Waals surface area contributed by atoms with Gasteiger partial charge in [0.15, 0.2) is 12.7 Å². The van der Waals surface area contributed by atoms with E-state index in [2.05, 4.69) is 28.3 Å². The largest absolute Gasteiger partial charge is 0.222 e. The molecule has 1 aliphatic heterocycles. The van der Waals surface area contributed by atoms with Crippen LogP contribution < -0.4 is 4.57 Å². The average Bonchev–Trinajstić information content (AvgIpc) is 2.89. The van der Waals surface area contributed by atoms with Gasteiger partial charge in [-0.25, -0.2) is 4.39 Å². The minimum atomic E-state index is -0.154. The Labute approximate surface area is 102 Å². The predicted molar refractivity (Wildman–Crippen MR) is 66.5 cm³/mol. The summed E-state index contributed by atoms with van der Waals surface area (Å²) in [6.45, 7) is 0.772. The molecule has 82 valence electrons. The molecular weight excluding hydrogens is 233 g/mol. The van der Waals surface area contributed by atoms with Crippen molar-refractivity contribution in [3.8, 4) is 11.3 Å². The molecule has 3 heterocycles. The summed E-state index contributed by atoms with van der Waals surface area (Å²) in [4.78, 5) is 0. The van der Waals surface area contributed by atoms with Crippen LogP contribution in [0.5, 0.6) is 0 Å². The van der Waals surface area contributed by atoms with Crippen molar-refractivity contribution in [3.63, 3.8) is 0 Å². The summed E-state index contributed by atoms with van der Waals surface area (Å²) in [5.41, 5.74) is 3.46. The molecule has 0 saturated heterocycles. The second-order valence-electron chi connectivity index (χ2n) is 4.29. The van der Waals surface area contributed by atoms with E-state index < -0.39 is 0 Å². The molecule has 0 bridgehead atoms. The van der Waals surface area contributed by atoms with Gasteiger partial charge in [-0.2, -0.15) is 4.57 Å². The number of halogens is 1. The summed E-state index contributed by atoms with van der Waals surface area (Å²) in [6, 6.07) is 9.34. The summed E-state index contributed by atoms with van der Waals surface area (Å²) >= 11 is 1.74. The highest BCUT2D eigenvalue weighted by molar-refractivity contribution is 7.17. The number of fused-ring (bicyclic) bond motifs is 5. The number of thiophene rings is 1. The van der Waals surface area contributed by atoms with Gasteiger partial charge in [0.2, 0.25) is 5.69 Å². The molecule has 3 heteroatoms. The number of hydrogen-bond donors (Lipinski definition) is 0. The normalized spacial score (nSPS) is 12.8. The van der Waals surface area contributed by atoms with Crippen LogP contribution in [0.15, 0.2) is 41.9 Å². The zero-order valence-electron chi connectivity index (χ0n) is 8.98. The Morgan fingerprint density at radius 1 is 1.18 bits per heavy atom. The number of hydrogen-bond acceptors (Lipinski definition) is 1. The Bertz CT molecular complexity index is 745. The molecule has 17 heavy (non-hydrogen) atoms. The van der Waals surface area contributed by atoms with Crippen molar-refractivity contribution in [1.82, 2.24) is 0 Å². The molecule has 1 aromatic carbocycles. The topological polar surface area (TPSA) is 3.88 Å². The molecule has 0 N–H and O–H groups in total. The Morgan fingerprint density at radius 2 is 2.12 bits per heavy atom. The van der Waals surface area contributed by atoms with E-state index in [9.17, 15) is 4.39 Å². The van der Waals surface area contributed by atoms with Crippen LogP contribution in [0.4, 0.5) is 4.39 Å². The quantitative estimate of drug-likeness (QED) is 0.416. The average molecular weight is 242 g/mol. The maximum absolute atomic E-state index is 13.2. The van der Waals surface area contributed by atoms with E-state index in [1.807, 2.05) is 6.07 Å². The molecule has 0 unspecified atom stereocenters. The molecular formula is C14H9FNS+. The number of benzene rings is 1. The minimum Gasteiger partial charge on any atom is -0.207 e. The Hall–Kier alpha value is -1.74. The van der Waals surface area contributed by atoms with Gasteiger partial charge in [0.1, 0.15) is 5.82 Å². The van der Waals surface area contributed by atoms with Crippen molar-refractivity contribution in [2.75, 3.05) is 0 Å². The molecule has 1 nitrogen and oxygen atoms in total. The smallest absolute Gasteiger partial charge is 0.207 e. The van der Waals surface area contributed by atoms with Crippen molar-refractivity contribution < 1.29 is 8.96 Å². The second kappa shape index (κ2) is 3.14. The minimum absolute atomic E-state index is 0.154. The van der Waals surface area contributed by atoms with Crippen LogP contribution in [0.1, 0.15) is 5.56 Å².